The Kier molecular flexibility index (Phi) is 5.12. The fraction of sp³-hybridized carbons (Fsp3) is 0.909. The molecular weight excluding hydrogens is 218 g/mol. The van der Waals surface area contributed by atoms with Gasteiger partial charge in [0.05, 0.1) is 12.5 Å². The molecular formula is C11H18F2O3. The Balaban J connectivity index is 2.18. The van der Waals surface area contributed by atoms with Crippen LogP contribution < -0.4 is 0 Å². The molecule has 1 fully saturated rings. The molecule has 1 saturated carbocycles. The van der Waals surface area contributed by atoms with Gasteiger partial charge in [-0.1, -0.05) is 0 Å². The molecule has 0 atom stereocenters. The summed E-state index contributed by atoms with van der Waals surface area (Å²) < 4.78 is 30.6. The molecule has 0 heterocycles. The Morgan fingerprint density at radius 3 is 2.50 bits per heavy atom. The highest BCUT2D eigenvalue weighted by Gasteiger charge is 2.37. The number of aliphatic hydroxyl groups excluding tert-OH is 1. The topological polar surface area (TPSA) is 46.5 Å². The summed E-state index contributed by atoms with van der Waals surface area (Å²) in [7, 11) is 0. The van der Waals surface area contributed by atoms with Gasteiger partial charge in [0, 0.05) is 19.4 Å². The number of carbonyl (C=O) groups is 1. The Labute approximate surface area is 93.8 Å². The first-order chi connectivity index (χ1) is 7.55. The molecule has 1 rings (SSSR count). The zero-order valence-electron chi connectivity index (χ0n) is 9.25. The van der Waals surface area contributed by atoms with Crippen LogP contribution in [0, 0.1) is 5.92 Å². The molecule has 0 aromatic rings. The van der Waals surface area contributed by atoms with Crippen LogP contribution in [-0.4, -0.2) is 30.2 Å². The Bertz CT molecular complexity index is 221. The van der Waals surface area contributed by atoms with Crippen molar-refractivity contribution in [1.82, 2.24) is 0 Å². The van der Waals surface area contributed by atoms with Crippen LogP contribution in [0.5, 0.6) is 0 Å². The zero-order valence-corrected chi connectivity index (χ0v) is 9.25. The first kappa shape index (κ1) is 13.4. The van der Waals surface area contributed by atoms with Gasteiger partial charge in [0.2, 0.25) is 5.92 Å². The second kappa shape index (κ2) is 6.13. The summed E-state index contributed by atoms with van der Waals surface area (Å²) in [6.45, 7) is 0.347. The molecule has 0 aromatic heterocycles. The van der Waals surface area contributed by atoms with Crippen molar-refractivity contribution in [2.45, 2.75) is 44.4 Å². The van der Waals surface area contributed by atoms with E-state index >= 15 is 0 Å². The number of unbranched alkanes of at least 4 members (excludes halogenated alkanes) is 1. The fourth-order valence-corrected chi connectivity index (χ4v) is 1.78. The Hall–Kier alpha value is -0.710. The fourth-order valence-electron chi connectivity index (χ4n) is 1.78. The smallest absolute Gasteiger partial charge is 0.308 e. The van der Waals surface area contributed by atoms with Gasteiger partial charge in [0.15, 0.2) is 0 Å². The largest absolute Gasteiger partial charge is 0.465 e. The van der Waals surface area contributed by atoms with E-state index < -0.39 is 5.92 Å². The number of halogens is 2. The summed E-state index contributed by atoms with van der Waals surface area (Å²) in [6.07, 6.45) is 1.20. The van der Waals surface area contributed by atoms with Gasteiger partial charge >= 0.3 is 5.97 Å². The zero-order chi connectivity index (χ0) is 12.0. The quantitative estimate of drug-likeness (QED) is 0.587. The minimum absolute atomic E-state index is 0.0766. The van der Waals surface area contributed by atoms with Crippen LogP contribution in [-0.2, 0) is 9.53 Å². The molecule has 3 nitrogen and oxygen atoms in total. The third-order valence-electron chi connectivity index (χ3n) is 2.85. The number of rotatable bonds is 5. The van der Waals surface area contributed by atoms with Gasteiger partial charge in [-0.25, -0.2) is 8.78 Å². The van der Waals surface area contributed by atoms with Gasteiger partial charge in [-0.2, -0.15) is 0 Å². The molecule has 1 aliphatic rings. The van der Waals surface area contributed by atoms with Crippen LogP contribution in [0.1, 0.15) is 38.5 Å². The number of ether oxygens (including phenoxy) is 1. The van der Waals surface area contributed by atoms with E-state index in [-0.39, 0.29) is 50.8 Å². The van der Waals surface area contributed by atoms with Crippen molar-refractivity contribution >= 4 is 5.97 Å². The van der Waals surface area contributed by atoms with Crippen LogP contribution in [0.2, 0.25) is 0 Å². The molecule has 0 saturated heterocycles. The Morgan fingerprint density at radius 1 is 1.31 bits per heavy atom. The predicted octanol–water partition coefficient (Wildman–Crippen LogP) is 2.13. The molecule has 16 heavy (non-hydrogen) atoms. The molecule has 0 amide bonds. The average Bonchev–Trinajstić information content (AvgIpc) is 2.24. The van der Waals surface area contributed by atoms with Gasteiger partial charge in [0.1, 0.15) is 0 Å². The lowest BCUT2D eigenvalue weighted by molar-refractivity contribution is -0.152. The summed E-state index contributed by atoms with van der Waals surface area (Å²) in [6, 6.07) is 0. The second-order valence-electron chi connectivity index (χ2n) is 4.23. The van der Waals surface area contributed by atoms with Crippen LogP contribution in [0.4, 0.5) is 8.78 Å². The van der Waals surface area contributed by atoms with Crippen LogP contribution in [0.25, 0.3) is 0 Å². The maximum absolute atomic E-state index is 12.8. The van der Waals surface area contributed by atoms with Gasteiger partial charge in [-0.15, -0.1) is 0 Å². The van der Waals surface area contributed by atoms with E-state index in [1.165, 1.54) is 0 Å². The minimum Gasteiger partial charge on any atom is -0.465 e. The molecule has 94 valence electrons. The van der Waals surface area contributed by atoms with Crippen LogP contribution in [0.15, 0.2) is 0 Å². The van der Waals surface area contributed by atoms with Crippen LogP contribution >= 0.6 is 0 Å². The van der Waals surface area contributed by atoms with E-state index in [1.54, 1.807) is 0 Å². The molecule has 0 radical (unpaired) electrons. The van der Waals surface area contributed by atoms with Crippen molar-refractivity contribution in [1.29, 1.82) is 0 Å². The number of carbonyl (C=O) groups excluding carboxylic acids is 1. The third kappa shape index (κ3) is 4.43. The van der Waals surface area contributed by atoms with E-state index in [2.05, 4.69) is 0 Å². The molecule has 0 aromatic carbocycles. The minimum atomic E-state index is -2.60. The lowest BCUT2D eigenvalue weighted by Gasteiger charge is -2.26. The van der Waals surface area contributed by atoms with Gasteiger partial charge in [-0.3, -0.25) is 4.79 Å². The highest BCUT2D eigenvalue weighted by molar-refractivity contribution is 5.72. The lowest BCUT2D eigenvalue weighted by atomic mass is 9.87. The molecule has 0 aliphatic heterocycles. The van der Waals surface area contributed by atoms with Gasteiger partial charge in [0.25, 0.3) is 0 Å². The summed E-state index contributed by atoms with van der Waals surface area (Å²) in [5.41, 5.74) is 0. The van der Waals surface area contributed by atoms with E-state index in [0.717, 1.165) is 0 Å². The molecule has 0 unspecified atom stereocenters. The average molecular weight is 236 g/mol. The molecule has 1 aliphatic carbocycles. The van der Waals surface area contributed by atoms with E-state index in [0.29, 0.717) is 12.8 Å². The summed E-state index contributed by atoms with van der Waals surface area (Å²) >= 11 is 0. The van der Waals surface area contributed by atoms with E-state index in [4.69, 9.17) is 9.84 Å². The molecule has 5 heteroatoms. The first-order valence-corrected chi connectivity index (χ1v) is 5.70. The van der Waals surface area contributed by atoms with Crippen molar-refractivity contribution in [3.05, 3.63) is 0 Å². The van der Waals surface area contributed by atoms with Crippen LogP contribution in [0.3, 0.4) is 0 Å². The van der Waals surface area contributed by atoms with Crippen molar-refractivity contribution in [2.75, 3.05) is 13.2 Å². The Morgan fingerprint density at radius 2 is 1.94 bits per heavy atom. The number of hydrogen-bond donors (Lipinski definition) is 1. The molecule has 1 N–H and O–H groups in total. The maximum Gasteiger partial charge on any atom is 0.308 e. The van der Waals surface area contributed by atoms with Crippen molar-refractivity contribution < 1.29 is 23.4 Å². The normalized spacial score (nSPS) is 20.7. The summed E-state index contributed by atoms with van der Waals surface area (Å²) in [5.74, 6) is -3.34. The summed E-state index contributed by atoms with van der Waals surface area (Å²) in [5, 5.41) is 8.51. The van der Waals surface area contributed by atoms with Crippen molar-refractivity contribution in [3.63, 3.8) is 0 Å². The highest BCUT2D eigenvalue weighted by atomic mass is 19.3. The maximum atomic E-state index is 12.8. The van der Waals surface area contributed by atoms with E-state index in [9.17, 15) is 13.6 Å². The predicted molar refractivity (Wildman–Crippen MR) is 54.2 cm³/mol. The third-order valence-corrected chi connectivity index (χ3v) is 2.85. The number of esters is 1. The monoisotopic (exact) mass is 236 g/mol. The molecule has 0 spiro atoms. The standard InChI is InChI=1S/C11H18F2O3/c12-11(13)5-3-9(4-6-11)10(15)16-8-2-1-7-14/h9,14H,1-8H2. The van der Waals surface area contributed by atoms with Gasteiger partial charge in [-0.05, 0) is 25.7 Å². The number of aliphatic hydroxyl groups is 1. The second-order valence-corrected chi connectivity index (χ2v) is 4.23. The first-order valence-electron chi connectivity index (χ1n) is 5.70. The SMILES string of the molecule is O=C(OCCCCO)C1CCC(F)(F)CC1. The molecule has 0 bridgehead atoms. The number of alkyl halides is 2. The highest BCUT2D eigenvalue weighted by Crippen LogP contribution is 2.36. The lowest BCUT2D eigenvalue weighted by Crippen LogP contribution is -2.29. The number of hydrogen-bond acceptors (Lipinski definition) is 3. The van der Waals surface area contributed by atoms with Crippen molar-refractivity contribution in [3.8, 4) is 0 Å². The van der Waals surface area contributed by atoms with E-state index in [1.807, 2.05) is 0 Å². The summed E-state index contributed by atoms with van der Waals surface area (Å²) in [4.78, 5) is 11.4. The van der Waals surface area contributed by atoms with Gasteiger partial charge < -0.3 is 9.84 Å². The van der Waals surface area contributed by atoms with Crippen molar-refractivity contribution in [2.24, 2.45) is 5.92 Å².